The summed E-state index contributed by atoms with van der Waals surface area (Å²) in [6, 6.07) is 4.55. The summed E-state index contributed by atoms with van der Waals surface area (Å²) in [5, 5.41) is 15.1. The van der Waals surface area contributed by atoms with Crippen molar-refractivity contribution in [1.82, 2.24) is 10.3 Å². The van der Waals surface area contributed by atoms with Gasteiger partial charge in [0.2, 0.25) is 5.91 Å². The van der Waals surface area contributed by atoms with Gasteiger partial charge < -0.3 is 10.4 Å². The largest absolute Gasteiger partial charge is 0.479 e. The van der Waals surface area contributed by atoms with E-state index in [4.69, 9.17) is 0 Å². The molecule has 0 saturated carbocycles. The number of carboxylic acid groups (broad SMARTS) is 1. The number of benzene rings is 1. The molecule has 0 saturated heterocycles. The van der Waals surface area contributed by atoms with Gasteiger partial charge in [-0.05, 0) is 39.2 Å². The van der Waals surface area contributed by atoms with Crippen LogP contribution < -0.4 is 5.32 Å². The molecule has 128 valence electrons. The lowest BCUT2D eigenvalue weighted by molar-refractivity contribution is -0.142. The fourth-order valence-corrected chi connectivity index (χ4v) is 3.30. The summed E-state index contributed by atoms with van der Waals surface area (Å²) >= 11 is 1.59. The molecule has 1 atom stereocenters. The van der Waals surface area contributed by atoms with E-state index in [0.29, 0.717) is 12.0 Å². The van der Waals surface area contributed by atoms with Crippen LogP contribution in [0.15, 0.2) is 23.6 Å². The number of thiazole rings is 1. The number of hydrogen-bond acceptors (Lipinski definition) is 4. The predicted octanol–water partition coefficient (Wildman–Crippen LogP) is 3.33. The highest BCUT2D eigenvalue weighted by atomic mass is 32.1. The summed E-state index contributed by atoms with van der Waals surface area (Å²) in [6.07, 6.45) is 1.65. The van der Waals surface area contributed by atoms with Crippen molar-refractivity contribution in [2.45, 2.75) is 46.1 Å². The number of nitrogens with one attached hydrogen (secondary N) is 1. The molecule has 0 spiro atoms. The van der Waals surface area contributed by atoms with Gasteiger partial charge in [0.15, 0.2) is 6.04 Å². The van der Waals surface area contributed by atoms with Crippen molar-refractivity contribution in [2.24, 2.45) is 0 Å². The zero-order chi connectivity index (χ0) is 17.7. The first-order chi connectivity index (χ1) is 11.3. The van der Waals surface area contributed by atoms with Crippen LogP contribution in [0.4, 0.5) is 0 Å². The smallest absolute Gasteiger partial charge is 0.330 e. The molecule has 6 heteroatoms. The molecule has 0 fully saturated rings. The molecule has 1 aromatic heterocycles. The SMILES string of the molecule is Cc1cc(C)cc(C(NC(=O)CCCc2csc(C)n2)C(=O)O)c1. The fraction of sp³-hybridized carbons (Fsp3) is 0.389. The van der Waals surface area contributed by atoms with Crippen LogP contribution in [0.3, 0.4) is 0 Å². The number of carboxylic acids is 1. The minimum Gasteiger partial charge on any atom is -0.479 e. The Kier molecular flexibility index (Phi) is 6.09. The van der Waals surface area contributed by atoms with Crippen LogP contribution in [-0.4, -0.2) is 22.0 Å². The van der Waals surface area contributed by atoms with Gasteiger partial charge in [-0.25, -0.2) is 9.78 Å². The van der Waals surface area contributed by atoms with Crippen molar-refractivity contribution < 1.29 is 14.7 Å². The summed E-state index contributed by atoms with van der Waals surface area (Å²) < 4.78 is 0. The second-order valence-corrected chi connectivity index (χ2v) is 7.03. The van der Waals surface area contributed by atoms with Crippen LogP contribution in [0.5, 0.6) is 0 Å². The first-order valence-corrected chi connectivity index (χ1v) is 8.74. The maximum absolute atomic E-state index is 12.1. The third-order valence-corrected chi connectivity index (χ3v) is 4.46. The Balaban J connectivity index is 1.94. The van der Waals surface area contributed by atoms with Gasteiger partial charge in [-0.3, -0.25) is 4.79 Å². The van der Waals surface area contributed by atoms with E-state index in [1.807, 2.05) is 32.2 Å². The monoisotopic (exact) mass is 346 g/mol. The second-order valence-electron chi connectivity index (χ2n) is 5.97. The van der Waals surface area contributed by atoms with Crippen molar-refractivity contribution >= 4 is 23.2 Å². The van der Waals surface area contributed by atoms with Crippen LogP contribution in [0, 0.1) is 20.8 Å². The Labute approximate surface area is 145 Å². The molecule has 1 heterocycles. The van der Waals surface area contributed by atoms with Crippen LogP contribution in [0.1, 0.15) is 46.3 Å². The number of carbonyl (C=O) groups excluding carboxylic acids is 1. The van der Waals surface area contributed by atoms with E-state index in [1.54, 1.807) is 23.5 Å². The Morgan fingerprint density at radius 1 is 1.21 bits per heavy atom. The average Bonchev–Trinajstić information content (AvgIpc) is 2.89. The average molecular weight is 346 g/mol. The highest BCUT2D eigenvalue weighted by Crippen LogP contribution is 2.18. The third-order valence-electron chi connectivity index (χ3n) is 3.63. The number of aromatic nitrogens is 1. The Bertz CT molecular complexity index is 719. The molecule has 0 aliphatic rings. The zero-order valence-corrected chi connectivity index (χ0v) is 14.9. The molecule has 2 rings (SSSR count). The van der Waals surface area contributed by atoms with Crippen LogP contribution in [0.2, 0.25) is 0 Å². The Hall–Kier alpha value is -2.21. The van der Waals surface area contributed by atoms with Crippen molar-refractivity contribution in [3.8, 4) is 0 Å². The lowest BCUT2D eigenvalue weighted by atomic mass is 10.0. The number of rotatable bonds is 7. The zero-order valence-electron chi connectivity index (χ0n) is 14.1. The van der Waals surface area contributed by atoms with Crippen LogP contribution >= 0.6 is 11.3 Å². The van der Waals surface area contributed by atoms with E-state index in [1.165, 1.54) is 0 Å². The van der Waals surface area contributed by atoms with Gasteiger partial charge in [-0.15, -0.1) is 11.3 Å². The van der Waals surface area contributed by atoms with Gasteiger partial charge in [-0.1, -0.05) is 29.3 Å². The van der Waals surface area contributed by atoms with E-state index in [0.717, 1.165) is 28.2 Å². The maximum atomic E-state index is 12.1. The first kappa shape index (κ1) is 18.1. The number of hydrogen-bond donors (Lipinski definition) is 2. The molecule has 0 radical (unpaired) electrons. The topological polar surface area (TPSA) is 79.3 Å². The fourth-order valence-electron chi connectivity index (χ4n) is 2.65. The quantitative estimate of drug-likeness (QED) is 0.806. The first-order valence-electron chi connectivity index (χ1n) is 7.86. The van der Waals surface area contributed by atoms with E-state index < -0.39 is 12.0 Å². The highest BCUT2D eigenvalue weighted by molar-refractivity contribution is 7.09. The number of aliphatic carboxylic acids is 1. The highest BCUT2D eigenvalue weighted by Gasteiger charge is 2.22. The van der Waals surface area contributed by atoms with Gasteiger partial charge in [0.05, 0.1) is 10.7 Å². The van der Waals surface area contributed by atoms with Gasteiger partial charge in [0.1, 0.15) is 0 Å². The molecule has 1 amide bonds. The number of carbonyl (C=O) groups is 2. The van der Waals surface area contributed by atoms with E-state index in [-0.39, 0.29) is 12.3 Å². The predicted molar refractivity (Wildman–Crippen MR) is 94.2 cm³/mol. The van der Waals surface area contributed by atoms with Crippen LogP contribution in [0.25, 0.3) is 0 Å². The van der Waals surface area contributed by atoms with E-state index in [9.17, 15) is 14.7 Å². The minimum absolute atomic E-state index is 0.256. The van der Waals surface area contributed by atoms with Crippen molar-refractivity contribution in [3.63, 3.8) is 0 Å². The summed E-state index contributed by atoms with van der Waals surface area (Å²) in [6.45, 7) is 5.77. The number of nitrogens with zero attached hydrogens (tertiary/aromatic N) is 1. The third kappa shape index (κ3) is 5.16. The molecule has 0 aliphatic carbocycles. The number of amides is 1. The molecular weight excluding hydrogens is 324 g/mol. The lowest BCUT2D eigenvalue weighted by Gasteiger charge is -2.16. The minimum atomic E-state index is -1.05. The molecule has 0 aliphatic heterocycles. The molecular formula is C18H22N2O3S. The van der Waals surface area contributed by atoms with Crippen molar-refractivity contribution in [2.75, 3.05) is 0 Å². The molecule has 1 unspecified atom stereocenters. The van der Waals surface area contributed by atoms with Crippen molar-refractivity contribution in [3.05, 3.63) is 51.0 Å². The van der Waals surface area contributed by atoms with Gasteiger partial charge >= 0.3 is 5.97 Å². The molecule has 0 bridgehead atoms. The normalized spacial score (nSPS) is 12.0. The molecule has 5 nitrogen and oxygen atoms in total. The molecule has 2 N–H and O–H groups in total. The van der Waals surface area contributed by atoms with Gasteiger partial charge in [-0.2, -0.15) is 0 Å². The van der Waals surface area contributed by atoms with Gasteiger partial charge in [0.25, 0.3) is 0 Å². The summed E-state index contributed by atoms with van der Waals surface area (Å²) in [7, 11) is 0. The van der Waals surface area contributed by atoms with E-state index >= 15 is 0 Å². The lowest BCUT2D eigenvalue weighted by Crippen LogP contribution is -2.33. The molecule has 1 aromatic carbocycles. The van der Waals surface area contributed by atoms with Gasteiger partial charge in [0, 0.05) is 11.8 Å². The summed E-state index contributed by atoms with van der Waals surface area (Å²) in [5.74, 6) is -1.31. The standard InChI is InChI=1S/C18H22N2O3S/c1-11-7-12(2)9-14(8-11)17(18(22)23)20-16(21)6-4-5-15-10-24-13(3)19-15/h7-10,17H,4-6H2,1-3H3,(H,20,21)(H,22,23). The maximum Gasteiger partial charge on any atom is 0.330 e. The summed E-state index contributed by atoms with van der Waals surface area (Å²) in [5.41, 5.74) is 3.53. The Morgan fingerprint density at radius 2 is 1.88 bits per heavy atom. The van der Waals surface area contributed by atoms with Crippen molar-refractivity contribution in [1.29, 1.82) is 0 Å². The van der Waals surface area contributed by atoms with Crippen LogP contribution in [-0.2, 0) is 16.0 Å². The Morgan fingerprint density at radius 3 is 2.42 bits per heavy atom. The summed E-state index contributed by atoms with van der Waals surface area (Å²) in [4.78, 5) is 28.0. The molecule has 2 aromatic rings. The number of aryl methyl sites for hydroxylation is 4. The molecule has 24 heavy (non-hydrogen) atoms. The second kappa shape index (κ2) is 8.06. The van der Waals surface area contributed by atoms with E-state index in [2.05, 4.69) is 10.3 Å².